The summed E-state index contributed by atoms with van der Waals surface area (Å²) in [5.74, 6) is -16.3. The lowest BCUT2D eigenvalue weighted by Crippen LogP contribution is -2.56. The summed E-state index contributed by atoms with van der Waals surface area (Å²) >= 11 is 0. The number of H-pyrrole nitrogens is 1. The summed E-state index contributed by atoms with van der Waals surface area (Å²) in [5, 5.41) is 7.41. The Hall–Kier alpha value is -1.81. The van der Waals surface area contributed by atoms with Gasteiger partial charge in [-0.2, -0.15) is 30.7 Å². The minimum atomic E-state index is -6.60. The molecule has 0 aliphatic heterocycles. The molecule has 104 valence electrons. The first-order valence-electron chi connectivity index (χ1n) is 3.93. The average Bonchev–Trinajstić information content (AvgIpc) is 2.72. The SMILES string of the molecule is O=C(O)C(F)(F)C(F)(F)C(F)(F)F.c1c[nH]cn1. The van der Waals surface area contributed by atoms with E-state index in [1.54, 1.807) is 18.7 Å². The zero-order chi connectivity index (χ0) is 14.6. The van der Waals surface area contributed by atoms with E-state index in [1.165, 1.54) is 0 Å². The second-order valence-corrected chi connectivity index (χ2v) is 2.71. The predicted octanol–water partition coefficient (Wildman–Crippen LogP) is 2.31. The lowest BCUT2D eigenvalue weighted by atomic mass is 10.1. The summed E-state index contributed by atoms with van der Waals surface area (Å²) in [6.07, 6.45) is -1.52. The Labute approximate surface area is 94.4 Å². The largest absolute Gasteiger partial charge is 0.477 e. The molecule has 0 amide bonds. The first kappa shape index (κ1) is 16.2. The summed E-state index contributed by atoms with van der Waals surface area (Å²) in [7, 11) is 0. The summed E-state index contributed by atoms with van der Waals surface area (Å²) in [6.45, 7) is 0. The third-order valence-corrected chi connectivity index (χ3v) is 1.42. The summed E-state index contributed by atoms with van der Waals surface area (Å²) in [5.41, 5.74) is 0. The first-order chi connectivity index (χ1) is 7.94. The molecule has 1 aromatic heterocycles. The third-order valence-electron chi connectivity index (χ3n) is 1.42. The van der Waals surface area contributed by atoms with E-state index in [0.29, 0.717) is 0 Å². The van der Waals surface area contributed by atoms with E-state index in [0.717, 1.165) is 0 Å². The number of carboxylic acid groups (broad SMARTS) is 1. The van der Waals surface area contributed by atoms with Gasteiger partial charge in [0.1, 0.15) is 0 Å². The Balaban J connectivity index is 0.000000473. The van der Waals surface area contributed by atoms with E-state index >= 15 is 0 Å². The number of carboxylic acids is 1. The van der Waals surface area contributed by atoms with E-state index in [1.807, 2.05) is 0 Å². The van der Waals surface area contributed by atoms with Crippen molar-refractivity contribution in [3.8, 4) is 0 Å². The second kappa shape index (κ2) is 5.23. The molecule has 18 heavy (non-hydrogen) atoms. The number of halogens is 7. The highest BCUT2D eigenvalue weighted by Gasteiger charge is 2.76. The van der Waals surface area contributed by atoms with Gasteiger partial charge in [-0.25, -0.2) is 9.78 Å². The van der Waals surface area contributed by atoms with Crippen molar-refractivity contribution in [3.63, 3.8) is 0 Å². The molecule has 0 radical (unpaired) electrons. The maximum absolute atomic E-state index is 11.8. The molecule has 11 heteroatoms. The van der Waals surface area contributed by atoms with E-state index in [9.17, 15) is 35.5 Å². The van der Waals surface area contributed by atoms with Gasteiger partial charge in [0.25, 0.3) is 0 Å². The number of aromatic amines is 1. The molecule has 4 nitrogen and oxygen atoms in total. The molecule has 0 atom stereocenters. The fourth-order valence-corrected chi connectivity index (χ4v) is 0.527. The molecule has 0 spiro atoms. The van der Waals surface area contributed by atoms with Gasteiger partial charge in [0.05, 0.1) is 6.33 Å². The number of aliphatic carboxylic acids is 1. The van der Waals surface area contributed by atoms with Crippen LogP contribution in [0.25, 0.3) is 0 Å². The maximum Gasteiger partial charge on any atom is 0.460 e. The first-order valence-corrected chi connectivity index (χ1v) is 3.93. The highest BCUT2D eigenvalue weighted by atomic mass is 19.4. The number of aromatic nitrogens is 2. The quantitative estimate of drug-likeness (QED) is 0.818. The zero-order valence-corrected chi connectivity index (χ0v) is 8.18. The molecule has 1 heterocycles. The van der Waals surface area contributed by atoms with Crippen molar-refractivity contribution >= 4 is 5.97 Å². The Morgan fingerprint density at radius 3 is 1.72 bits per heavy atom. The van der Waals surface area contributed by atoms with Gasteiger partial charge in [0.15, 0.2) is 0 Å². The van der Waals surface area contributed by atoms with Crippen molar-refractivity contribution in [2.24, 2.45) is 0 Å². The number of nitrogens with zero attached hydrogens (tertiary/aromatic N) is 1. The van der Waals surface area contributed by atoms with Gasteiger partial charge < -0.3 is 10.1 Å². The van der Waals surface area contributed by atoms with Crippen molar-refractivity contribution in [2.45, 2.75) is 18.0 Å². The van der Waals surface area contributed by atoms with Crippen LogP contribution in [-0.2, 0) is 4.79 Å². The number of imidazole rings is 1. The molecule has 0 unspecified atom stereocenters. The van der Waals surface area contributed by atoms with Gasteiger partial charge in [-0.3, -0.25) is 0 Å². The van der Waals surface area contributed by atoms with Crippen LogP contribution in [0.3, 0.4) is 0 Å². The molecule has 0 aliphatic rings. The van der Waals surface area contributed by atoms with Crippen molar-refractivity contribution in [2.75, 3.05) is 0 Å². The molecule has 0 aliphatic carbocycles. The van der Waals surface area contributed by atoms with Crippen LogP contribution < -0.4 is 0 Å². The highest BCUT2D eigenvalue weighted by molar-refractivity contribution is 5.76. The van der Waals surface area contributed by atoms with Crippen LogP contribution >= 0.6 is 0 Å². The van der Waals surface area contributed by atoms with Crippen LogP contribution in [0.1, 0.15) is 0 Å². The molecule has 2 N–H and O–H groups in total. The summed E-state index contributed by atoms with van der Waals surface area (Å²) in [4.78, 5) is 15.8. The van der Waals surface area contributed by atoms with Crippen LogP contribution in [0.15, 0.2) is 18.7 Å². The molecule has 0 bridgehead atoms. The predicted molar refractivity (Wildman–Crippen MR) is 42.2 cm³/mol. The van der Waals surface area contributed by atoms with E-state index in [4.69, 9.17) is 5.11 Å². The molecular formula is C7H5F7N2O2. The minimum Gasteiger partial charge on any atom is -0.477 e. The lowest BCUT2D eigenvalue weighted by molar-refractivity contribution is -0.347. The van der Waals surface area contributed by atoms with E-state index < -0.39 is 24.0 Å². The number of hydrogen-bond donors (Lipinski definition) is 2. The third kappa shape index (κ3) is 3.34. The molecule has 0 saturated carbocycles. The molecule has 0 fully saturated rings. The number of rotatable bonds is 2. The molecule has 1 rings (SSSR count). The Bertz CT molecular complexity index is 356. The standard InChI is InChI=1S/C4HF7O2.C3H4N2/c5-2(6,1(12)13)3(7,8)4(9,10)11;1-2-5-3-4-1/h(H,12,13);1-3H,(H,4,5). The van der Waals surface area contributed by atoms with Crippen LogP contribution in [-0.4, -0.2) is 39.1 Å². The van der Waals surface area contributed by atoms with Crippen LogP contribution in [0.2, 0.25) is 0 Å². The smallest absolute Gasteiger partial charge is 0.460 e. The summed E-state index contributed by atoms with van der Waals surface area (Å²) < 4.78 is 80.5. The highest BCUT2D eigenvalue weighted by Crippen LogP contribution is 2.46. The van der Waals surface area contributed by atoms with Gasteiger partial charge in [0.2, 0.25) is 0 Å². The molecule has 0 saturated heterocycles. The van der Waals surface area contributed by atoms with Crippen LogP contribution in [0, 0.1) is 0 Å². The number of hydrogen-bond acceptors (Lipinski definition) is 2. The topological polar surface area (TPSA) is 66.0 Å². The average molecular weight is 282 g/mol. The van der Waals surface area contributed by atoms with E-state index in [-0.39, 0.29) is 0 Å². The second-order valence-electron chi connectivity index (χ2n) is 2.71. The van der Waals surface area contributed by atoms with Gasteiger partial charge in [0, 0.05) is 12.4 Å². The van der Waals surface area contributed by atoms with Gasteiger partial charge >= 0.3 is 24.0 Å². The number of carbonyl (C=O) groups is 1. The Morgan fingerprint density at radius 1 is 1.11 bits per heavy atom. The van der Waals surface area contributed by atoms with Crippen molar-refractivity contribution < 1.29 is 40.6 Å². The van der Waals surface area contributed by atoms with Crippen LogP contribution in [0.5, 0.6) is 0 Å². The number of nitrogens with one attached hydrogen (secondary N) is 1. The van der Waals surface area contributed by atoms with Gasteiger partial charge in [-0.1, -0.05) is 0 Å². The molecule has 0 aromatic carbocycles. The number of alkyl halides is 7. The van der Waals surface area contributed by atoms with Crippen molar-refractivity contribution in [3.05, 3.63) is 18.7 Å². The molecule has 1 aromatic rings. The van der Waals surface area contributed by atoms with E-state index in [2.05, 4.69) is 9.97 Å². The minimum absolute atomic E-state index is 1.62. The maximum atomic E-state index is 11.8. The zero-order valence-electron chi connectivity index (χ0n) is 8.18. The van der Waals surface area contributed by atoms with Crippen LogP contribution in [0.4, 0.5) is 30.7 Å². The Kier molecular flexibility index (Phi) is 4.70. The fourth-order valence-electron chi connectivity index (χ4n) is 0.527. The Morgan fingerprint density at radius 2 is 1.61 bits per heavy atom. The van der Waals surface area contributed by atoms with Crippen molar-refractivity contribution in [1.29, 1.82) is 0 Å². The monoisotopic (exact) mass is 282 g/mol. The summed E-state index contributed by atoms with van der Waals surface area (Å²) in [6, 6.07) is 0. The fraction of sp³-hybridized carbons (Fsp3) is 0.429. The van der Waals surface area contributed by atoms with Gasteiger partial charge in [-0.15, -0.1) is 0 Å². The molecular weight excluding hydrogens is 277 g/mol. The lowest BCUT2D eigenvalue weighted by Gasteiger charge is -2.24. The normalized spacial score (nSPS) is 12.6. The van der Waals surface area contributed by atoms with Gasteiger partial charge in [-0.05, 0) is 0 Å². The van der Waals surface area contributed by atoms with Crippen molar-refractivity contribution in [1.82, 2.24) is 9.97 Å².